The van der Waals surface area contributed by atoms with Gasteiger partial charge in [0.25, 0.3) is 0 Å². The molecule has 2 rings (SSSR count). The number of carbonyl (C=O) groups excluding carboxylic acids is 1. The predicted octanol–water partition coefficient (Wildman–Crippen LogP) is 1.34. The van der Waals surface area contributed by atoms with E-state index in [0.29, 0.717) is 13.1 Å². The van der Waals surface area contributed by atoms with Crippen molar-refractivity contribution < 1.29 is 9.90 Å². The third kappa shape index (κ3) is 5.89. The van der Waals surface area contributed by atoms with E-state index in [1.165, 1.54) is 11.1 Å². The fourth-order valence-electron chi connectivity index (χ4n) is 3.23. The predicted molar refractivity (Wildman–Crippen MR) is 96.8 cm³/mol. The molecule has 1 aromatic rings. The number of benzene rings is 1. The number of hydrogen-bond donors (Lipinski definition) is 1. The molecule has 24 heavy (non-hydrogen) atoms. The zero-order valence-electron chi connectivity index (χ0n) is 15.5. The van der Waals surface area contributed by atoms with Crippen LogP contribution < -0.4 is 0 Å². The summed E-state index contributed by atoms with van der Waals surface area (Å²) in [4.78, 5) is 18.6. The maximum absolute atomic E-state index is 12.4. The first-order valence-electron chi connectivity index (χ1n) is 8.70. The molecule has 0 saturated carbocycles. The van der Waals surface area contributed by atoms with Crippen molar-refractivity contribution in [1.29, 1.82) is 0 Å². The molecule has 1 fully saturated rings. The number of nitrogens with zero attached hydrogens (tertiary/aromatic N) is 3. The van der Waals surface area contributed by atoms with Crippen molar-refractivity contribution >= 4 is 5.91 Å². The SMILES string of the molecule is Cc1ccccc1CN1CCN(C(=O)CN(C)CC(C)(C)O)CC1. The third-order valence-corrected chi connectivity index (χ3v) is 4.44. The maximum atomic E-state index is 12.4. The van der Waals surface area contributed by atoms with Crippen LogP contribution in [0.5, 0.6) is 0 Å². The van der Waals surface area contributed by atoms with Crippen molar-refractivity contribution in [3.8, 4) is 0 Å². The smallest absolute Gasteiger partial charge is 0.236 e. The van der Waals surface area contributed by atoms with Gasteiger partial charge in [0.1, 0.15) is 0 Å². The van der Waals surface area contributed by atoms with Crippen LogP contribution in [0.2, 0.25) is 0 Å². The van der Waals surface area contributed by atoms with Gasteiger partial charge in [-0.15, -0.1) is 0 Å². The lowest BCUT2D eigenvalue weighted by molar-refractivity contribution is -0.134. The van der Waals surface area contributed by atoms with Gasteiger partial charge in [-0.3, -0.25) is 14.6 Å². The van der Waals surface area contributed by atoms with Gasteiger partial charge in [0.15, 0.2) is 0 Å². The van der Waals surface area contributed by atoms with Gasteiger partial charge in [0.2, 0.25) is 5.91 Å². The fraction of sp³-hybridized carbons (Fsp3) is 0.632. The molecule has 0 radical (unpaired) electrons. The summed E-state index contributed by atoms with van der Waals surface area (Å²) in [5.74, 6) is 0.150. The number of aliphatic hydroxyl groups is 1. The summed E-state index contributed by atoms with van der Waals surface area (Å²) in [6.07, 6.45) is 0. The number of hydrogen-bond acceptors (Lipinski definition) is 4. The molecule has 0 aliphatic carbocycles. The highest BCUT2D eigenvalue weighted by Crippen LogP contribution is 2.13. The molecule has 5 heteroatoms. The van der Waals surface area contributed by atoms with E-state index in [-0.39, 0.29) is 5.91 Å². The van der Waals surface area contributed by atoms with E-state index in [9.17, 15) is 9.90 Å². The van der Waals surface area contributed by atoms with Crippen LogP contribution in [-0.2, 0) is 11.3 Å². The second-order valence-corrected chi connectivity index (χ2v) is 7.57. The molecular weight excluding hydrogens is 302 g/mol. The summed E-state index contributed by atoms with van der Waals surface area (Å²) in [5, 5.41) is 9.84. The normalized spacial score (nSPS) is 16.7. The van der Waals surface area contributed by atoms with Crippen molar-refractivity contribution in [2.45, 2.75) is 32.9 Å². The van der Waals surface area contributed by atoms with Gasteiger partial charge in [-0.25, -0.2) is 0 Å². The lowest BCUT2D eigenvalue weighted by Crippen LogP contribution is -2.51. The van der Waals surface area contributed by atoms with Crippen LogP contribution in [0.25, 0.3) is 0 Å². The van der Waals surface area contributed by atoms with Gasteiger partial charge >= 0.3 is 0 Å². The number of carbonyl (C=O) groups is 1. The molecule has 1 aromatic carbocycles. The quantitative estimate of drug-likeness (QED) is 0.853. The molecule has 5 nitrogen and oxygen atoms in total. The van der Waals surface area contributed by atoms with E-state index in [1.807, 2.05) is 16.8 Å². The summed E-state index contributed by atoms with van der Waals surface area (Å²) >= 11 is 0. The molecule has 0 aromatic heterocycles. The zero-order chi connectivity index (χ0) is 17.7. The number of rotatable bonds is 6. The minimum absolute atomic E-state index is 0.150. The molecule has 1 aliphatic rings. The van der Waals surface area contributed by atoms with Crippen molar-refractivity contribution in [3.63, 3.8) is 0 Å². The Labute approximate surface area is 145 Å². The van der Waals surface area contributed by atoms with Crippen LogP contribution in [0.15, 0.2) is 24.3 Å². The maximum Gasteiger partial charge on any atom is 0.236 e. The van der Waals surface area contributed by atoms with Crippen molar-refractivity contribution in [2.75, 3.05) is 46.3 Å². The highest BCUT2D eigenvalue weighted by atomic mass is 16.3. The van der Waals surface area contributed by atoms with Gasteiger partial charge in [-0.2, -0.15) is 0 Å². The Balaban J connectivity index is 1.78. The molecule has 0 bridgehead atoms. The topological polar surface area (TPSA) is 47.0 Å². The Hall–Kier alpha value is -1.43. The molecule has 0 unspecified atom stereocenters. The Morgan fingerprint density at radius 1 is 1.21 bits per heavy atom. The van der Waals surface area contributed by atoms with E-state index in [4.69, 9.17) is 0 Å². The molecule has 134 valence electrons. The molecule has 1 amide bonds. The number of piperazine rings is 1. The Bertz CT molecular complexity index is 546. The van der Waals surface area contributed by atoms with Gasteiger partial charge in [-0.1, -0.05) is 24.3 Å². The summed E-state index contributed by atoms with van der Waals surface area (Å²) in [5.41, 5.74) is 1.91. The molecule has 0 atom stereocenters. The first kappa shape index (κ1) is 18.9. The highest BCUT2D eigenvalue weighted by Gasteiger charge is 2.23. The van der Waals surface area contributed by atoms with Gasteiger partial charge in [-0.05, 0) is 38.9 Å². The molecule has 1 heterocycles. The number of aryl methyl sites for hydroxylation is 1. The van der Waals surface area contributed by atoms with Gasteiger partial charge in [0, 0.05) is 39.3 Å². The van der Waals surface area contributed by atoms with E-state index in [2.05, 4.69) is 36.1 Å². The molecular formula is C19H31N3O2. The van der Waals surface area contributed by atoms with Crippen LogP contribution in [0.4, 0.5) is 0 Å². The van der Waals surface area contributed by atoms with Crippen LogP contribution in [-0.4, -0.2) is 77.6 Å². The first-order valence-corrected chi connectivity index (χ1v) is 8.70. The Kier molecular flexibility index (Phi) is 6.38. The third-order valence-electron chi connectivity index (χ3n) is 4.44. The van der Waals surface area contributed by atoms with Crippen LogP contribution in [0.3, 0.4) is 0 Å². The molecule has 1 N–H and O–H groups in total. The second kappa shape index (κ2) is 8.10. The highest BCUT2D eigenvalue weighted by molar-refractivity contribution is 5.78. The Morgan fingerprint density at radius 3 is 2.42 bits per heavy atom. The van der Waals surface area contributed by atoms with Crippen LogP contribution >= 0.6 is 0 Å². The van der Waals surface area contributed by atoms with E-state index >= 15 is 0 Å². The van der Waals surface area contributed by atoms with Crippen LogP contribution in [0, 0.1) is 6.92 Å². The van der Waals surface area contributed by atoms with Gasteiger partial charge < -0.3 is 10.0 Å². The number of amides is 1. The minimum Gasteiger partial charge on any atom is -0.389 e. The summed E-state index contributed by atoms with van der Waals surface area (Å²) in [6.45, 7) is 10.9. The largest absolute Gasteiger partial charge is 0.389 e. The lowest BCUT2D eigenvalue weighted by atomic mass is 10.1. The first-order chi connectivity index (χ1) is 11.2. The summed E-state index contributed by atoms with van der Waals surface area (Å²) in [6, 6.07) is 8.48. The fourth-order valence-corrected chi connectivity index (χ4v) is 3.23. The van der Waals surface area contributed by atoms with Crippen molar-refractivity contribution in [1.82, 2.24) is 14.7 Å². The van der Waals surface area contributed by atoms with E-state index in [1.54, 1.807) is 13.8 Å². The average molecular weight is 333 g/mol. The standard InChI is InChI=1S/C19H31N3O2/c1-16-7-5-6-8-17(16)13-21-9-11-22(12-10-21)18(23)14-20(4)15-19(2,3)24/h5-8,24H,9-15H2,1-4H3. The zero-order valence-corrected chi connectivity index (χ0v) is 15.5. The summed E-state index contributed by atoms with van der Waals surface area (Å²) < 4.78 is 0. The monoisotopic (exact) mass is 333 g/mol. The number of likely N-dealkylation sites (N-methyl/N-ethyl adjacent to an activating group) is 1. The van der Waals surface area contributed by atoms with E-state index in [0.717, 1.165) is 32.7 Å². The van der Waals surface area contributed by atoms with E-state index < -0.39 is 5.60 Å². The molecule has 0 spiro atoms. The van der Waals surface area contributed by atoms with Crippen molar-refractivity contribution in [3.05, 3.63) is 35.4 Å². The summed E-state index contributed by atoms with van der Waals surface area (Å²) in [7, 11) is 1.88. The van der Waals surface area contributed by atoms with Gasteiger partial charge in [0.05, 0.1) is 12.1 Å². The van der Waals surface area contributed by atoms with Crippen LogP contribution in [0.1, 0.15) is 25.0 Å². The molecule has 1 saturated heterocycles. The lowest BCUT2D eigenvalue weighted by Gasteiger charge is -2.36. The minimum atomic E-state index is -0.777. The van der Waals surface area contributed by atoms with Crippen molar-refractivity contribution in [2.24, 2.45) is 0 Å². The second-order valence-electron chi connectivity index (χ2n) is 7.57. The molecule has 1 aliphatic heterocycles. The Morgan fingerprint density at radius 2 is 1.83 bits per heavy atom. The average Bonchev–Trinajstić information content (AvgIpc) is 2.48.